The third kappa shape index (κ3) is 3.77. The number of esters is 1. The Labute approximate surface area is 103 Å². The van der Waals surface area contributed by atoms with Gasteiger partial charge in [0.25, 0.3) is 0 Å². The molecule has 17 heavy (non-hydrogen) atoms. The number of carbonyl (C=O) groups excluding carboxylic acids is 1. The molecule has 0 fully saturated rings. The second-order valence-electron chi connectivity index (χ2n) is 4.22. The van der Waals surface area contributed by atoms with E-state index in [1.807, 2.05) is 26.0 Å². The fourth-order valence-electron chi connectivity index (χ4n) is 1.88. The van der Waals surface area contributed by atoms with Gasteiger partial charge in [-0.05, 0) is 19.9 Å². The van der Waals surface area contributed by atoms with Crippen LogP contribution in [0.1, 0.15) is 27.2 Å². The largest absolute Gasteiger partial charge is 0.490 e. The second-order valence-corrected chi connectivity index (χ2v) is 4.22. The molecule has 0 N–H and O–H groups in total. The minimum atomic E-state index is -0.368. The molecule has 0 amide bonds. The van der Waals surface area contributed by atoms with Crippen LogP contribution in [-0.4, -0.2) is 19.2 Å². The maximum Gasteiger partial charge on any atom is 0.373 e. The number of hydrogen-bond acceptors (Lipinski definition) is 3. The van der Waals surface area contributed by atoms with Crippen LogP contribution in [0.4, 0.5) is 0 Å². The van der Waals surface area contributed by atoms with Crippen LogP contribution >= 0.6 is 0 Å². The van der Waals surface area contributed by atoms with E-state index >= 15 is 0 Å². The van der Waals surface area contributed by atoms with Crippen molar-refractivity contribution in [3.63, 3.8) is 0 Å². The van der Waals surface area contributed by atoms with Gasteiger partial charge in [0.2, 0.25) is 0 Å². The van der Waals surface area contributed by atoms with E-state index in [4.69, 9.17) is 9.47 Å². The van der Waals surface area contributed by atoms with Crippen LogP contribution in [0.5, 0.6) is 0 Å². The van der Waals surface area contributed by atoms with Gasteiger partial charge in [-0.15, -0.1) is 0 Å². The van der Waals surface area contributed by atoms with Crippen LogP contribution in [0, 0.1) is 5.92 Å². The Hall–Kier alpha value is -1.51. The number of carbonyl (C=O) groups is 1. The van der Waals surface area contributed by atoms with Gasteiger partial charge in [0.15, 0.2) is 5.76 Å². The second kappa shape index (κ2) is 6.28. The van der Waals surface area contributed by atoms with Crippen LogP contribution in [0.25, 0.3) is 0 Å². The molecular formula is C14H20O3. The van der Waals surface area contributed by atoms with Crippen molar-refractivity contribution in [2.24, 2.45) is 5.92 Å². The third-order valence-corrected chi connectivity index (χ3v) is 2.76. The molecule has 0 aromatic carbocycles. The minimum Gasteiger partial charge on any atom is -0.490 e. The Morgan fingerprint density at radius 3 is 2.88 bits per heavy atom. The average molecular weight is 236 g/mol. The highest BCUT2D eigenvalue weighted by Crippen LogP contribution is 2.22. The zero-order chi connectivity index (χ0) is 12.8. The van der Waals surface area contributed by atoms with E-state index < -0.39 is 0 Å². The first kappa shape index (κ1) is 13.6. The van der Waals surface area contributed by atoms with Gasteiger partial charge in [-0.2, -0.15) is 0 Å². The summed E-state index contributed by atoms with van der Waals surface area (Å²) in [6.45, 7) is 6.07. The van der Waals surface area contributed by atoms with E-state index in [2.05, 4.69) is 13.0 Å². The van der Waals surface area contributed by atoms with Gasteiger partial charge in [-0.1, -0.05) is 30.7 Å². The lowest BCUT2D eigenvalue weighted by Crippen LogP contribution is -2.29. The van der Waals surface area contributed by atoms with Crippen LogP contribution in [0.15, 0.2) is 35.6 Å². The van der Waals surface area contributed by atoms with Crippen molar-refractivity contribution in [2.45, 2.75) is 33.3 Å². The zero-order valence-corrected chi connectivity index (χ0v) is 10.9. The molecule has 3 nitrogen and oxygen atoms in total. The molecule has 0 unspecified atom stereocenters. The monoisotopic (exact) mass is 236 g/mol. The summed E-state index contributed by atoms with van der Waals surface area (Å²) in [4.78, 5) is 11.5. The highest BCUT2D eigenvalue weighted by molar-refractivity contribution is 5.87. The van der Waals surface area contributed by atoms with Gasteiger partial charge in [0, 0.05) is 12.3 Å². The number of ether oxygens (including phenoxy) is 2. The molecular weight excluding hydrogens is 216 g/mol. The lowest BCUT2D eigenvalue weighted by Gasteiger charge is -2.25. The van der Waals surface area contributed by atoms with Crippen LogP contribution in [0.3, 0.4) is 0 Å². The Morgan fingerprint density at radius 2 is 2.35 bits per heavy atom. The lowest BCUT2D eigenvalue weighted by atomic mass is 9.97. The summed E-state index contributed by atoms with van der Waals surface area (Å²) in [5, 5.41) is 0. The van der Waals surface area contributed by atoms with Crippen molar-refractivity contribution >= 4 is 5.97 Å². The Kier molecular flexibility index (Phi) is 5.01. The SMILES string of the molecule is C/C=C\C(C)=C\[C@H](C)[C@@H]1CC=C(OC)C(=O)O1. The first-order valence-corrected chi connectivity index (χ1v) is 5.84. The molecule has 0 aliphatic carbocycles. The summed E-state index contributed by atoms with van der Waals surface area (Å²) in [6.07, 6.45) is 8.55. The quantitative estimate of drug-likeness (QED) is 0.556. The standard InChI is InChI=1S/C14H20O3/c1-5-6-10(2)9-11(3)12-7-8-13(16-4)14(15)17-12/h5-6,8-9,11-12H,7H2,1-4H3/b6-5-,10-9+/t11-,12-/m0/s1. The first-order chi connectivity index (χ1) is 8.08. The summed E-state index contributed by atoms with van der Waals surface area (Å²) in [5.41, 5.74) is 1.18. The van der Waals surface area contributed by atoms with Gasteiger partial charge in [0.1, 0.15) is 6.10 Å². The normalized spacial score (nSPS) is 23.3. The van der Waals surface area contributed by atoms with Crippen molar-refractivity contribution in [1.29, 1.82) is 0 Å². The fraction of sp³-hybridized carbons (Fsp3) is 0.500. The molecule has 3 heteroatoms. The Balaban J connectivity index is 2.68. The molecule has 0 aromatic heterocycles. The van der Waals surface area contributed by atoms with Crippen LogP contribution in [0.2, 0.25) is 0 Å². The van der Waals surface area contributed by atoms with Gasteiger partial charge < -0.3 is 9.47 Å². The smallest absolute Gasteiger partial charge is 0.373 e. The predicted octanol–water partition coefficient (Wildman–Crippen LogP) is 2.99. The molecule has 1 heterocycles. The maximum absolute atomic E-state index is 11.5. The van der Waals surface area contributed by atoms with Crippen molar-refractivity contribution < 1.29 is 14.3 Å². The van der Waals surface area contributed by atoms with E-state index in [1.54, 1.807) is 6.08 Å². The summed E-state index contributed by atoms with van der Waals surface area (Å²) >= 11 is 0. The predicted molar refractivity (Wildman–Crippen MR) is 67.3 cm³/mol. The van der Waals surface area contributed by atoms with Gasteiger partial charge >= 0.3 is 5.97 Å². The molecule has 0 saturated heterocycles. The number of rotatable bonds is 4. The van der Waals surface area contributed by atoms with Crippen molar-refractivity contribution in [1.82, 2.24) is 0 Å². The third-order valence-electron chi connectivity index (χ3n) is 2.76. The topological polar surface area (TPSA) is 35.5 Å². The molecule has 1 rings (SSSR count). The number of allylic oxidation sites excluding steroid dienone is 3. The molecule has 0 radical (unpaired) electrons. The highest BCUT2D eigenvalue weighted by Gasteiger charge is 2.26. The van der Waals surface area contributed by atoms with E-state index in [1.165, 1.54) is 12.7 Å². The van der Waals surface area contributed by atoms with Crippen LogP contribution < -0.4 is 0 Å². The summed E-state index contributed by atoms with van der Waals surface area (Å²) in [5.74, 6) is 0.139. The minimum absolute atomic E-state index is 0.0957. The summed E-state index contributed by atoms with van der Waals surface area (Å²) in [6, 6.07) is 0. The molecule has 2 atom stereocenters. The molecule has 0 saturated carbocycles. The van der Waals surface area contributed by atoms with Crippen molar-refractivity contribution in [2.75, 3.05) is 7.11 Å². The molecule has 1 aliphatic heterocycles. The first-order valence-electron chi connectivity index (χ1n) is 5.84. The van der Waals surface area contributed by atoms with E-state index in [9.17, 15) is 4.79 Å². The molecule has 0 spiro atoms. The Morgan fingerprint density at radius 1 is 1.65 bits per heavy atom. The van der Waals surface area contributed by atoms with Crippen LogP contribution in [-0.2, 0) is 14.3 Å². The molecule has 0 aromatic rings. The summed E-state index contributed by atoms with van der Waals surface area (Å²) < 4.78 is 10.2. The number of hydrogen-bond donors (Lipinski definition) is 0. The number of methoxy groups -OCH3 is 1. The Bertz CT molecular complexity index is 364. The highest BCUT2D eigenvalue weighted by atomic mass is 16.6. The molecule has 1 aliphatic rings. The van der Waals surface area contributed by atoms with E-state index in [0.717, 1.165) is 0 Å². The zero-order valence-electron chi connectivity index (χ0n) is 10.9. The van der Waals surface area contributed by atoms with Gasteiger partial charge in [0.05, 0.1) is 7.11 Å². The lowest BCUT2D eigenvalue weighted by molar-refractivity contribution is -0.151. The fourth-order valence-corrected chi connectivity index (χ4v) is 1.88. The molecule has 0 bridgehead atoms. The van der Waals surface area contributed by atoms with Crippen molar-refractivity contribution in [3.05, 3.63) is 35.6 Å². The van der Waals surface area contributed by atoms with Crippen molar-refractivity contribution in [3.8, 4) is 0 Å². The van der Waals surface area contributed by atoms with E-state index in [-0.39, 0.29) is 18.0 Å². The van der Waals surface area contributed by atoms with Gasteiger partial charge in [-0.25, -0.2) is 4.79 Å². The maximum atomic E-state index is 11.5. The van der Waals surface area contributed by atoms with Gasteiger partial charge in [-0.3, -0.25) is 0 Å². The number of cyclic esters (lactones) is 1. The molecule has 94 valence electrons. The van der Waals surface area contributed by atoms with E-state index in [0.29, 0.717) is 12.2 Å². The average Bonchev–Trinajstić information content (AvgIpc) is 2.29. The summed E-state index contributed by atoms with van der Waals surface area (Å²) in [7, 11) is 1.48.